The predicted molar refractivity (Wildman–Crippen MR) is 96.5 cm³/mol. The van der Waals surface area contributed by atoms with E-state index in [2.05, 4.69) is 10.3 Å². The van der Waals surface area contributed by atoms with Crippen LogP contribution in [0.25, 0.3) is 11.5 Å². The van der Waals surface area contributed by atoms with E-state index in [1.54, 1.807) is 31.2 Å². The van der Waals surface area contributed by atoms with Gasteiger partial charge in [0.05, 0.1) is 5.69 Å². The summed E-state index contributed by atoms with van der Waals surface area (Å²) in [4.78, 5) is 28.6. The van der Waals surface area contributed by atoms with Crippen LogP contribution in [0.3, 0.4) is 0 Å². The number of esters is 1. The molecule has 0 saturated carbocycles. The van der Waals surface area contributed by atoms with Gasteiger partial charge in [-0.1, -0.05) is 18.2 Å². The Bertz CT molecular complexity index is 1020. The van der Waals surface area contributed by atoms with Crippen molar-refractivity contribution >= 4 is 17.6 Å². The molecule has 1 atom stereocenters. The summed E-state index contributed by atoms with van der Waals surface area (Å²) in [7, 11) is 0. The van der Waals surface area contributed by atoms with Crippen molar-refractivity contribution < 1.29 is 27.5 Å². The maximum atomic E-state index is 13.6. The topological polar surface area (TPSA) is 81.4 Å². The van der Waals surface area contributed by atoms with Crippen molar-refractivity contribution in [3.63, 3.8) is 0 Å². The van der Waals surface area contributed by atoms with E-state index in [4.69, 9.17) is 9.15 Å². The molecule has 28 heavy (non-hydrogen) atoms. The number of amides is 1. The SMILES string of the molecule is Cc1oc(-c2ccccc2)nc1C(=O)O[C@@H](C)C(=O)Nc1cc(F)ccc1F. The number of hydrogen-bond donors (Lipinski definition) is 1. The van der Waals surface area contributed by atoms with Crippen LogP contribution >= 0.6 is 0 Å². The molecule has 6 nitrogen and oxygen atoms in total. The van der Waals surface area contributed by atoms with Gasteiger partial charge in [-0.05, 0) is 38.1 Å². The number of ether oxygens (including phenoxy) is 1. The Balaban J connectivity index is 1.69. The lowest BCUT2D eigenvalue weighted by Crippen LogP contribution is -2.30. The third kappa shape index (κ3) is 4.22. The van der Waals surface area contributed by atoms with E-state index in [0.29, 0.717) is 5.56 Å². The highest BCUT2D eigenvalue weighted by atomic mass is 19.1. The molecular formula is C20H16F2N2O4. The minimum absolute atomic E-state index is 0.0737. The number of rotatable bonds is 5. The highest BCUT2D eigenvalue weighted by molar-refractivity contribution is 5.97. The molecule has 0 aliphatic heterocycles. The number of anilines is 1. The van der Waals surface area contributed by atoms with E-state index in [0.717, 1.165) is 18.2 Å². The molecule has 3 aromatic rings. The van der Waals surface area contributed by atoms with Gasteiger partial charge in [0.15, 0.2) is 11.8 Å². The average Bonchev–Trinajstić information content (AvgIpc) is 3.07. The summed E-state index contributed by atoms with van der Waals surface area (Å²) in [5.74, 6) is -2.74. The molecule has 0 spiro atoms. The molecule has 1 heterocycles. The van der Waals surface area contributed by atoms with Crippen molar-refractivity contribution in [2.45, 2.75) is 20.0 Å². The summed E-state index contributed by atoms with van der Waals surface area (Å²) in [6.07, 6.45) is -1.27. The lowest BCUT2D eigenvalue weighted by molar-refractivity contribution is -0.123. The molecule has 0 saturated heterocycles. The van der Waals surface area contributed by atoms with Crippen LogP contribution in [-0.2, 0) is 9.53 Å². The fraction of sp³-hybridized carbons (Fsp3) is 0.150. The summed E-state index contributed by atoms with van der Waals surface area (Å²) < 4.78 is 37.4. The first-order chi connectivity index (χ1) is 13.3. The van der Waals surface area contributed by atoms with E-state index in [-0.39, 0.29) is 23.0 Å². The minimum atomic E-state index is -1.27. The highest BCUT2D eigenvalue weighted by Gasteiger charge is 2.25. The van der Waals surface area contributed by atoms with Crippen LogP contribution in [0.15, 0.2) is 52.9 Å². The number of carbonyl (C=O) groups excluding carboxylic acids is 2. The molecular weight excluding hydrogens is 370 g/mol. The Morgan fingerprint density at radius 2 is 1.86 bits per heavy atom. The van der Waals surface area contributed by atoms with E-state index < -0.39 is 29.6 Å². The maximum absolute atomic E-state index is 13.6. The molecule has 1 aromatic heterocycles. The number of oxazole rings is 1. The lowest BCUT2D eigenvalue weighted by atomic mass is 10.2. The molecule has 1 amide bonds. The number of aromatic nitrogens is 1. The number of halogens is 2. The van der Waals surface area contributed by atoms with Crippen LogP contribution in [0.2, 0.25) is 0 Å². The van der Waals surface area contributed by atoms with E-state index in [9.17, 15) is 18.4 Å². The summed E-state index contributed by atoms with van der Waals surface area (Å²) in [5.41, 5.74) is 0.254. The maximum Gasteiger partial charge on any atom is 0.361 e. The molecule has 0 fully saturated rings. The number of benzene rings is 2. The number of nitrogens with one attached hydrogen (secondary N) is 1. The second-order valence-electron chi connectivity index (χ2n) is 5.95. The number of aryl methyl sites for hydroxylation is 1. The normalized spacial score (nSPS) is 11.7. The van der Waals surface area contributed by atoms with Crippen LogP contribution in [0.4, 0.5) is 14.5 Å². The summed E-state index contributed by atoms with van der Waals surface area (Å²) in [6, 6.07) is 11.6. The second-order valence-corrected chi connectivity index (χ2v) is 5.95. The van der Waals surface area contributed by atoms with Crippen LogP contribution in [0, 0.1) is 18.6 Å². The fourth-order valence-electron chi connectivity index (χ4n) is 2.39. The third-order valence-electron chi connectivity index (χ3n) is 3.85. The monoisotopic (exact) mass is 386 g/mol. The first kappa shape index (κ1) is 19.2. The Labute approximate surface area is 159 Å². The van der Waals surface area contributed by atoms with Gasteiger partial charge in [0, 0.05) is 11.6 Å². The van der Waals surface area contributed by atoms with Gasteiger partial charge in [0.25, 0.3) is 5.91 Å². The Kier molecular flexibility index (Phi) is 5.49. The lowest BCUT2D eigenvalue weighted by Gasteiger charge is -2.13. The van der Waals surface area contributed by atoms with E-state index >= 15 is 0 Å². The number of carbonyl (C=O) groups is 2. The average molecular weight is 386 g/mol. The van der Waals surface area contributed by atoms with Gasteiger partial charge in [-0.25, -0.2) is 18.6 Å². The van der Waals surface area contributed by atoms with Crippen molar-refractivity contribution in [3.8, 4) is 11.5 Å². The van der Waals surface area contributed by atoms with Gasteiger partial charge < -0.3 is 14.5 Å². The molecule has 0 radical (unpaired) electrons. The molecule has 3 rings (SSSR count). The van der Waals surface area contributed by atoms with Gasteiger partial charge in [0.1, 0.15) is 17.4 Å². The zero-order valence-corrected chi connectivity index (χ0v) is 15.0. The molecule has 0 aliphatic rings. The second kappa shape index (κ2) is 7.99. The summed E-state index contributed by atoms with van der Waals surface area (Å²) in [6.45, 7) is 2.85. The minimum Gasteiger partial charge on any atom is -0.448 e. The molecule has 2 aromatic carbocycles. The molecule has 0 bridgehead atoms. The Morgan fingerprint density at radius 3 is 2.57 bits per heavy atom. The fourth-order valence-corrected chi connectivity index (χ4v) is 2.39. The van der Waals surface area contributed by atoms with Crippen molar-refractivity contribution in [2.24, 2.45) is 0 Å². The predicted octanol–water partition coefficient (Wildman–Crippen LogP) is 4.11. The smallest absolute Gasteiger partial charge is 0.361 e. The molecule has 0 unspecified atom stereocenters. The van der Waals surface area contributed by atoms with Crippen molar-refractivity contribution in [1.82, 2.24) is 4.98 Å². The van der Waals surface area contributed by atoms with Crippen molar-refractivity contribution in [1.29, 1.82) is 0 Å². The van der Waals surface area contributed by atoms with Crippen LogP contribution in [0.1, 0.15) is 23.2 Å². The largest absolute Gasteiger partial charge is 0.448 e. The van der Waals surface area contributed by atoms with Gasteiger partial charge in [-0.2, -0.15) is 0 Å². The van der Waals surface area contributed by atoms with Gasteiger partial charge in [-0.15, -0.1) is 0 Å². The zero-order chi connectivity index (χ0) is 20.3. The van der Waals surface area contributed by atoms with Crippen LogP contribution in [0.5, 0.6) is 0 Å². The van der Waals surface area contributed by atoms with Crippen molar-refractivity contribution in [3.05, 3.63) is 71.6 Å². The number of hydrogen-bond acceptors (Lipinski definition) is 5. The summed E-state index contributed by atoms with van der Waals surface area (Å²) >= 11 is 0. The van der Waals surface area contributed by atoms with Crippen LogP contribution < -0.4 is 5.32 Å². The van der Waals surface area contributed by atoms with Crippen molar-refractivity contribution in [2.75, 3.05) is 5.32 Å². The van der Waals surface area contributed by atoms with E-state index in [1.165, 1.54) is 6.92 Å². The Morgan fingerprint density at radius 1 is 1.14 bits per heavy atom. The van der Waals surface area contributed by atoms with Crippen LogP contribution in [-0.4, -0.2) is 23.0 Å². The van der Waals surface area contributed by atoms with Gasteiger partial charge >= 0.3 is 5.97 Å². The third-order valence-corrected chi connectivity index (χ3v) is 3.85. The van der Waals surface area contributed by atoms with Gasteiger partial charge in [0.2, 0.25) is 5.89 Å². The molecule has 0 aliphatic carbocycles. The molecule has 1 N–H and O–H groups in total. The highest BCUT2D eigenvalue weighted by Crippen LogP contribution is 2.22. The first-order valence-corrected chi connectivity index (χ1v) is 8.35. The first-order valence-electron chi connectivity index (χ1n) is 8.35. The Hall–Kier alpha value is -3.55. The standard InChI is InChI=1S/C20H16F2N2O4/c1-11-17(24-19(27-11)13-6-4-3-5-7-13)20(26)28-12(2)18(25)23-16-10-14(21)8-9-15(16)22/h3-10,12H,1-2H3,(H,23,25)/t12-/m0/s1. The van der Waals surface area contributed by atoms with E-state index in [1.807, 2.05) is 6.07 Å². The molecule has 8 heteroatoms. The number of nitrogens with zero attached hydrogens (tertiary/aromatic N) is 1. The van der Waals surface area contributed by atoms with Gasteiger partial charge in [-0.3, -0.25) is 4.79 Å². The zero-order valence-electron chi connectivity index (χ0n) is 15.0. The summed E-state index contributed by atoms with van der Waals surface area (Å²) in [5, 5.41) is 2.18. The molecule has 144 valence electrons. The quantitative estimate of drug-likeness (QED) is 0.668.